The standard InChI is InChI=1S/C6H8N.K/c1-5-3-4-6(2)7-5;/h3-4H,1-2H3;/q-1;+1. The van der Waals surface area contributed by atoms with Gasteiger partial charge in [0, 0.05) is 0 Å². The molecule has 8 heavy (non-hydrogen) atoms. The van der Waals surface area contributed by atoms with Crippen molar-refractivity contribution in [3.05, 3.63) is 23.5 Å². The molecule has 2 heteroatoms. The van der Waals surface area contributed by atoms with Crippen LogP contribution in [0.4, 0.5) is 0 Å². The first-order valence-corrected chi connectivity index (χ1v) is 2.36. The van der Waals surface area contributed by atoms with Crippen molar-refractivity contribution in [1.29, 1.82) is 0 Å². The normalized spacial score (nSPS) is 8.25. The maximum Gasteiger partial charge on any atom is 1.00 e. The molecule has 1 rings (SSSR count). The van der Waals surface area contributed by atoms with E-state index in [2.05, 4.69) is 4.98 Å². The van der Waals surface area contributed by atoms with Gasteiger partial charge in [0.05, 0.1) is 0 Å². The van der Waals surface area contributed by atoms with Gasteiger partial charge in [0.1, 0.15) is 0 Å². The molecule has 0 fully saturated rings. The van der Waals surface area contributed by atoms with Gasteiger partial charge >= 0.3 is 51.4 Å². The van der Waals surface area contributed by atoms with Gasteiger partial charge in [-0.25, -0.2) is 0 Å². The molecule has 0 atom stereocenters. The molecule has 1 nitrogen and oxygen atoms in total. The van der Waals surface area contributed by atoms with Crippen LogP contribution in [0.5, 0.6) is 0 Å². The minimum absolute atomic E-state index is 0. The van der Waals surface area contributed by atoms with Crippen molar-refractivity contribution in [3.63, 3.8) is 0 Å². The fourth-order valence-corrected chi connectivity index (χ4v) is 0.594. The maximum atomic E-state index is 4.11. The summed E-state index contributed by atoms with van der Waals surface area (Å²) in [6, 6.07) is 4.02. The Hall–Kier alpha value is 0.916. The van der Waals surface area contributed by atoms with E-state index in [1.165, 1.54) is 0 Å². The van der Waals surface area contributed by atoms with Crippen molar-refractivity contribution in [2.75, 3.05) is 0 Å². The first-order valence-electron chi connectivity index (χ1n) is 2.36. The summed E-state index contributed by atoms with van der Waals surface area (Å²) in [5, 5.41) is 0. The van der Waals surface area contributed by atoms with Crippen LogP contribution < -0.4 is 56.4 Å². The maximum absolute atomic E-state index is 4.11. The molecule has 0 amide bonds. The van der Waals surface area contributed by atoms with Crippen LogP contribution in [-0.2, 0) is 0 Å². The van der Waals surface area contributed by atoms with E-state index in [9.17, 15) is 0 Å². The zero-order valence-electron chi connectivity index (χ0n) is 5.60. The van der Waals surface area contributed by atoms with Crippen LogP contribution in [0.15, 0.2) is 12.1 Å². The summed E-state index contributed by atoms with van der Waals surface area (Å²) in [7, 11) is 0. The molecule has 0 saturated heterocycles. The van der Waals surface area contributed by atoms with E-state index in [4.69, 9.17) is 0 Å². The van der Waals surface area contributed by atoms with Crippen molar-refractivity contribution in [1.82, 2.24) is 4.98 Å². The molecular weight excluding hydrogens is 125 g/mol. The number of hydrogen-bond donors (Lipinski definition) is 0. The Balaban J connectivity index is 0.000000490. The zero-order chi connectivity index (χ0) is 5.28. The molecule has 1 aromatic rings. The third kappa shape index (κ3) is 2.46. The van der Waals surface area contributed by atoms with Crippen LogP contribution in [0, 0.1) is 13.8 Å². The van der Waals surface area contributed by atoms with E-state index < -0.39 is 0 Å². The van der Waals surface area contributed by atoms with Crippen molar-refractivity contribution < 1.29 is 51.4 Å². The molecule has 0 aliphatic rings. The van der Waals surface area contributed by atoms with Gasteiger partial charge in [0.15, 0.2) is 0 Å². The molecule has 0 saturated carbocycles. The fraction of sp³-hybridized carbons (Fsp3) is 0.333. The number of nitrogens with zero attached hydrogens (tertiary/aromatic N) is 1. The predicted octanol–water partition coefficient (Wildman–Crippen LogP) is -1.74. The summed E-state index contributed by atoms with van der Waals surface area (Å²) in [4.78, 5) is 4.11. The van der Waals surface area contributed by atoms with E-state index in [0.29, 0.717) is 0 Å². The fourth-order valence-electron chi connectivity index (χ4n) is 0.594. The number of aromatic nitrogens is 1. The van der Waals surface area contributed by atoms with E-state index in [-0.39, 0.29) is 51.4 Å². The zero-order valence-corrected chi connectivity index (χ0v) is 8.73. The first kappa shape index (κ1) is 8.92. The predicted molar refractivity (Wildman–Crippen MR) is 29.2 cm³/mol. The van der Waals surface area contributed by atoms with Crippen LogP contribution >= 0.6 is 0 Å². The van der Waals surface area contributed by atoms with Crippen LogP contribution in [0.25, 0.3) is 0 Å². The van der Waals surface area contributed by atoms with Gasteiger partial charge in [0.25, 0.3) is 0 Å². The quantitative estimate of drug-likeness (QED) is 0.383. The summed E-state index contributed by atoms with van der Waals surface area (Å²) >= 11 is 0. The van der Waals surface area contributed by atoms with E-state index in [0.717, 1.165) is 11.4 Å². The Morgan fingerprint density at radius 2 is 1.50 bits per heavy atom. The van der Waals surface area contributed by atoms with Crippen LogP contribution in [0.1, 0.15) is 11.4 Å². The van der Waals surface area contributed by atoms with Gasteiger partial charge < -0.3 is 4.98 Å². The minimum Gasteiger partial charge on any atom is -0.665 e. The minimum atomic E-state index is 0. The molecule has 0 aliphatic carbocycles. The van der Waals surface area contributed by atoms with E-state index >= 15 is 0 Å². The largest absolute Gasteiger partial charge is 1.00 e. The molecule has 0 unspecified atom stereocenters. The van der Waals surface area contributed by atoms with Crippen LogP contribution in [0.2, 0.25) is 0 Å². The smallest absolute Gasteiger partial charge is 0.665 e. The van der Waals surface area contributed by atoms with Crippen LogP contribution in [-0.4, -0.2) is 0 Å². The van der Waals surface area contributed by atoms with Gasteiger partial charge in [0.2, 0.25) is 0 Å². The number of hydrogen-bond acceptors (Lipinski definition) is 0. The molecular formula is C6H8KN. The number of rotatable bonds is 0. The molecule has 0 spiro atoms. The second kappa shape index (κ2) is 3.85. The van der Waals surface area contributed by atoms with Crippen molar-refractivity contribution >= 4 is 0 Å². The first-order chi connectivity index (χ1) is 3.29. The van der Waals surface area contributed by atoms with Gasteiger partial charge in [-0.05, 0) is 0 Å². The van der Waals surface area contributed by atoms with Gasteiger partial charge in [-0.15, -0.1) is 0 Å². The van der Waals surface area contributed by atoms with Crippen molar-refractivity contribution in [2.24, 2.45) is 0 Å². The second-order valence-corrected chi connectivity index (χ2v) is 1.73. The summed E-state index contributed by atoms with van der Waals surface area (Å²) in [5.74, 6) is 0. The SMILES string of the molecule is Cc1ccc(C)[n-]1.[K+]. The summed E-state index contributed by atoms with van der Waals surface area (Å²) < 4.78 is 0. The molecule has 0 aliphatic heterocycles. The average molecular weight is 133 g/mol. The van der Waals surface area contributed by atoms with Gasteiger partial charge in [-0.1, -0.05) is 26.0 Å². The summed E-state index contributed by atoms with van der Waals surface area (Å²) in [6.45, 7) is 3.99. The molecule has 0 aromatic carbocycles. The number of aryl methyl sites for hydroxylation is 2. The van der Waals surface area contributed by atoms with Gasteiger partial charge in [-0.2, -0.15) is 11.4 Å². The monoisotopic (exact) mass is 133 g/mol. The Labute approximate surface area is 92.3 Å². The Kier molecular flexibility index (Phi) is 4.29. The molecule has 0 radical (unpaired) electrons. The van der Waals surface area contributed by atoms with Gasteiger partial charge in [-0.3, -0.25) is 0 Å². The second-order valence-electron chi connectivity index (χ2n) is 1.73. The summed E-state index contributed by atoms with van der Waals surface area (Å²) in [6.07, 6.45) is 0. The van der Waals surface area contributed by atoms with E-state index in [1.807, 2.05) is 26.0 Å². The molecule has 0 bridgehead atoms. The molecule has 1 aromatic heterocycles. The van der Waals surface area contributed by atoms with Crippen molar-refractivity contribution in [3.8, 4) is 0 Å². The molecule has 38 valence electrons. The average Bonchev–Trinajstić information content (AvgIpc) is 1.87. The Morgan fingerprint density at radius 3 is 1.62 bits per heavy atom. The summed E-state index contributed by atoms with van der Waals surface area (Å²) in [5.41, 5.74) is 2.22. The van der Waals surface area contributed by atoms with E-state index in [1.54, 1.807) is 0 Å². The third-order valence-corrected chi connectivity index (χ3v) is 0.918. The third-order valence-electron chi connectivity index (χ3n) is 0.918. The Bertz CT molecular complexity index is 141. The molecule has 0 N–H and O–H groups in total. The topological polar surface area (TPSA) is 14.1 Å². The molecule has 1 heterocycles. The van der Waals surface area contributed by atoms with Crippen LogP contribution in [0.3, 0.4) is 0 Å². The van der Waals surface area contributed by atoms with Crippen molar-refractivity contribution in [2.45, 2.75) is 13.8 Å². The Morgan fingerprint density at radius 1 is 1.12 bits per heavy atom.